The number of halogens is 1. The zero-order chi connectivity index (χ0) is 12.1. The van der Waals surface area contributed by atoms with Crippen LogP contribution < -0.4 is 5.73 Å². The average Bonchev–Trinajstić information content (AvgIpc) is 2.38. The van der Waals surface area contributed by atoms with E-state index in [4.69, 9.17) is 17.3 Å². The third kappa shape index (κ3) is 3.43. The zero-order valence-corrected chi connectivity index (χ0v) is 10.7. The van der Waals surface area contributed by atoms with E-state index in [9.17, 15) is 0 Å². The fourth-order valence-electron chi connectivity index (χ4n) is 1.35. The smallest absolute Gasteiger partial charge is 0.116 e. The van der Waals surface area contributed by atoms with Gasteiger partial charge in [-0.15, -0.1) is 11.8 Å². The van der Waals surface area contributed by atoms with Crippen molar-refractivity contribution in [1.29, 1.82) is 0 Å². The van der Waals surface area contributed by atoms with Crippen molar-refractivity contribution in [3.05, 3.63) is 52.9 Å². The third-order valence-electron chi connectivity index (χ3n) is 2.28. The van der Waals surface area contributed by atoms with Crippen LogP contribution >= 0.6 is 23.4 Å². The third-order valence-corrected chi connectivity index (χ3v) is 3.63. The summed E-state index contributed by atoms with van der Waals surface area (Å²) in [6, 6.07) is 7.81. The van der Waals surface area contributed by atoms with Crippen molar-refractivity contribution >= 4 is 23.4 Å². The maximum absolute atomic E-state index is 6.17. The maximum atomic E-state index is 6.17. The van der Waals surface area contributed by atoms with E-state index in [1.165, 1.54) is 0 Å². The van der Waals surface area contributed by atoms with Gasteiger partial charge in [-0.1, -0.05) is 23.7 Å². The standard InChI is InChI=1S/C12H12ClN3S/c13-11-5-9(6-14)1-2-10(11)7-17-12-3-4-15-8-16-12/h1-5,8H,6-7,14H2. The minimum atomic E-state index is 0.513. The topological polar surface area (TPSA) is 51.8 Å². The summed E-state index contributed by atoms with van der Waals surface area (Å²) in [4.78, 5) is 8.02. The van der Waals surface area contributed by atoms with Gasteiger partial charge in [0, 0.05) is 23.5 Å². The Labute approximate surface area is 109 Å². The predicted octanol–water partition coefficient (Wildman–Crippen LogP) is 2.88. The van der Waals surface area contributed by atoms with Crippen molar-refractivity contribution in [3.63, 3.8) is 0 Å². The van der Waals surface area contributed by atoms with E-state index >= 15 is 0 Å². The number of hydrogen-bond acceptors (Lipinski definition) is 4. The molecule has 5 heteroatoms. The van der Waals surface area contributed by atoms with Gasteiger partial charge in [0.1, 0.15) is 6.33 Å². The van der Waals surface area contributed by atoms with Crippen LogP contribution in [0, 0.1) is 0 Å². The van der Waals surface area contributed by atoms with Gasteiger partial charge in [0.25, 0.3) is 0 Å². The number of nitrogens with zero attached hydrogens (tertiary/aromatic N) is 2. The molecule has 0 radical (unpaired) electrons. The van der Waals surface area contributed by atoms with E-state index in [0.29, 0.717) is 6.54 Å². The highest BCUT2D eigenvalue weighted by Crippen LogP contribution is 2.25. The molecule has 0 unspecified atom stereocenters. The van der Waals surface area contributed by atoms with Gasteiger partial charge in [0.05, 0.1) is 5.03 Å². The van der Waals surface area contributed by atoms with Gasteiger partial charge in [0.2, 0.25) is 0 Å². The summed E-state index contributed by atoms with van der Waals surface area (Å²) in [6.07, 6.45) is 3.27. The Balaban J connectivity index is 2.04. The summed E-state index contributed by atoms with van der Waals surface area (Å²) in [5, 5.41) is 1.70. The molecule has 3 nitrogen and oxygen atoms in total. The Morgan fingerprint density at radius 1 is 1.29 bits per heavy atom. The second-order valence-corrected chi connectivity index (χ2v) is 4.87. The van der Waals surface area contributed by atoms with Crippen molar-refractivity contribution in [1.82, 2.24) is 9.97 Å². The highest BCUT2D eigenvalue weighted by molar-refractivity contribution is 7.98. The number of aromatic nitrogens is 2. The molecule has 0 aliphatic rings. The van der Waals surface area contributed by atoms with Gasteiger partial charge >= 0.3 is 0 Å². The van der Waals surface area contributed by atoms with E-state index < -0.39 is 0 Å². The average molecular weight is 266 g/mol. The Kier molecular flexibility index (Phi) is 4.36. The molecule has 2 N–H and O–H groups in total. The molecule has 0 aliphatic heterocycles. The first-order valence-corrected chi connectivity index (χ1v) is 6.52. The molecule has 0 fully saturated rings. The van der Waals surface area contributed by atoms with Gasteiger partial charge in [-0.25, -0.2) is 9.97 Å². The van der Waals surface area contributed by atoms with Crippen LogP contribution in [0.15, 0.2) is 41.8 Å². The van der Waals surface area contributed by atoms with E-state index in [2.05, 4.69) is 9.97 Å². The number of hydrogen-bond donors (Lipinski definition) is 1. The van der Waals surface area contributed by atoms with Crippen molar-refractivity contribution in [2.45, 2.75) is 17.3 Å². The van der Waals surface area contributed by atoms with Crippen LogP contribution in [-0.2, 0) is 12.3 Å². The molecule has 2 rings (SSSR count). The SMILES string of the molecule is NCc1ccc(CSc2ccncn2)c(Cl)c1. The van der Waals surface area contributed by atoms with Gasteiger partial charge in [0.15, 0.2) is 0 Å². The molecular formula is C12H12ClN3S. The molecule has 1 aromatic heterocycles. The largest absolute Gasteiger partial charge is 0.326 e. The minimum absolute atomic E-state index is 0.513. The summed E-state index contributed by atoms with van der Waals surface area (Å²) in [5.74, 6) is 0.792. The van der Waals surface area contributed by atoms with Gasteiger partial charge in [-0.3, -0.25) is 0 Å². The first-order chi connectivity index (χ1) is 8.29. The van der Waals surface area contributed by atoms with Gasteiger partial charge < -0.3 is 5.73 Å². The molecule has 0 aliphatic carbocycles. The molecule has 17 heavy (non-hydrogen) atoms. The van der Waals surface area contributed by atoms with E-state index in [-0.39, 0.29) is 0 Å². The van der Waals surface area contributed by atoms with Crippen LogP contribution in [0.25, 0.3) is 0 Å². The summed E-state index contributed by atoms with van der Waals surface area (Å²) < 4.78 is 0. The molecule has 0 saturated heterocycles. The Morgan fingerprint density at radius 2 is 2.18 bits per heavy atom. The first kappa shape index (κ1) is 12.4. The molecular weight excluding hydrogens is 254 g/mol. The van der Waals surface area contributed by atoms with Crippen LogP contribution in [0.5, 0.6) is 0 Å². The van der Waals surface area contributed by atoms with Crippen LogP contribution in [0.3, 0.4) is 0 Å². The Hall–Kier alpha value is -1.10. The fraction of sp³-hybridized carbons (Fsp3) is 0.167. The quantitative estimate of drug-likeness (QED) is 0.682. The monoisotopic (exact) mass is 265 g/mol. The normalized spacial score (nSPS) is 10.5. The van der Waals surface area contributed by atoms with Crippen LogP contribution in [0.2, 0.25) is 5.02 Å². The maximum Gasteiger partial charge on any atom is 0.116 e. The zero-order valence-electron chi connectivity index (χ0n) is 9.14. The number of nitrogens with two attached hydrogens (primary N) is 1. The molecule has 0 saturated carbocycles. The molecule has 88 valence electrons. The molecule has 0 spiro atoms. The summed E-state index contributed by atoms with van der Waals surface area (Å²) in [7, 11) is 0. The highest BCUT2D eigenvalue weighted by Gasteiger charge is 2.03. The molecule has 2 aromatic rings. The number of thioether (sulfide) groups is 1. The lowest BCUT2D eigenvalue weighted by molar-refractivity contribution is 1.04. The van der Waals surface area contributed by atoms with Crippen molar-refractivity contribution in [2.24, 2.45) is 5.73 Å². The Bertz CT molecular complexity index is 490. The van der Waals surface area contributed by atoms with Crippen LogP contribution in [0.1, 0.15) is 11.1 Å². The van der Waals surface area contributed by atoms with Crippen molar-refractivity contribution < 1.29 is 0 Å². The van der Waals surface area contributed by atoms with Crippen LogP contribution in [-0.4, -0.2) is 9.97 Å². The summed E-state index contributed by atoms with van der Waals surface area (Å²) in [6.45, 7) is 0.513. The predicted molar refractivity (Wildman–Crippen MR) is 70.9 cm³/mol. The summed E-state index contributed by atoms with van der Waals surface area (Å²) >= 11 is 7.81. The Morgan fingerprint density at radius 3 is 2.82 bits per heavy atom. The lowest BCUT2D eigenvalue weighted by atomic mass is 10.1. The van der Waals surface area contributed by atoms with E-state index in [0.717, 1.165) is 26.9 Å². The van der Waals surface area contributed by atoms with E-state index in [1.54, 1.807) is 24.3 Å². The fourth-order valence-corrected chi connectivity index (χ4v) is 2.53. The van der Waals surface area contributed by atoms with Crippen LogP contribution in [0.4, 0.5) is 0 Å². The molecule has 1 heterocycles. The highest BCUT2D eigenvalue weighted by atomic mass is 35.5. The number of benzene rings is 1. The van der Waals surface area contributed by atoms with Crippen molar-refractivity contribution in [3.8, 4) is 0 Å². The van der Waals surface area contributed by atoms with Gasteiger partial charge in [-0.05, 0) is 23.3 Å². The van der Waals surface area contributed by atoms with E-state index in [1.807, 2.05) is 24.3 Å². The first-order valence-electron chi connectivity index (χ1n) is 5.16. The molecule has 0 amide bonds. The molecule has 0 bridgehead atoms. The van der Waals surface area contributed by atoms with Gasteiger partial charge in [-0.2, -0.15) is 0 Å². The second kappa shape index (κ2) is 6.00. The number of rotatable bonds is 4. The molecule has 0 atom stereocenters. The second-order valence-electron chi connectivity index (χ2n) is 3.47. The minimum Gasteiger partial charge on any atom is -0.326 e. The lowest BCUT2D eigenvalue weighted by Crippen LogP contribution is -1.96. The van der Waals surface area contributed by atoms with Crippen molar-refractivity contribution in [2.75, 3.05) is 0 Å². The molecule has 1 aromatic carbocycles. The summed E-state index contributed by atoms with van der Waals surface area (Å²) in [5.41, 5.74) is 7.69. The lowest BCUT2D eigenvalue weighted by Gasteiger charge is -2.05.